The second-order valence-electron chi connectivity index (χ2n) is 2.47. The fraction of sp³-hybridized carbons (Fsp3) is 0.250. The summed E-state index contributed by atoms with van der Waals surface area (Å²) in [6, 6.07) is 3.37. The number of anilines is 1. The first-order valence-corrected chi connectivity index (χ1v) is 4.11. The van der Waals surface area contributed by atoms with Gasteiger partial charge in [-0.2, -0.15) is 5.26 Å². The number of nitriles is 1. The van der Waals surface area contributed by atoms with Gasteiger partial charge in [-0.05, 0) is 6.07 Å². The first-order chi connectivity index (χ1) is 7.22. The van der Waals surface area contributed by atoms with E-state index < -0.39 is 6.09 Å². The topological polar surface area (TPSA) is 114 Å². The fourth-order valence-corrected chi connectivity index (χ4v) is 0.821. The summed E-state index contributed by atoms with van der Waals surface area (Å²) in [6.07, 6.45) is 0.631. The van der Waals surface area contributed by atoms with Gasteiger partial charge >= 0.3 is 6.09 Å². The van der Waals surface area contributed by atoms with Crippen LogP contribution in [0.2, 0.25) is 0 Å². The highest BCUT2D eigenvalue weighted by Gasteiger charge is 1.98. The van der Waals surface area contributed by atoms with E-state index in [4.69, 9.17) is 11.0 Å². The molecule has 0 aliphatic heterocycles. The Kier molecular flexibility index (Phi) is 3.85. The van der Waals surface area contributed by atoms with Gasteiger partial charge < -0.3 is 15.8 Å². The number of amides is 1. The van der Waals surface area contributed by atoms with Crippen molar-refractivity contribution in [3.05, 3.63) is 18.0 Å². The average molecular weight is 207 g/mol. The number of carbonyl (C=O) groups excluding carboxylic acids is 1. The largest absolute Gasteiger partial charge is 0.448 e. The highest BCUT2D eigenvalue weighted by Crippen LogP contribution is 1.97. The Balaban J connectivity index is 2.38. The molecule has 0 aliphatic carbocycles. The highest BCUT2D eigenvalue weighted by molar-refractivity contribution is 5.64. The monoisotopic (exact) mass is 207 g/mol. The lowest BCUT2D eigenvalue weighted by Gasteiger charge is -2.03. The molecule has 1 aromatic heterocycles. The molecule has 7 heteroatoms. The zero-order valence-electron chi connectivity index (χ0n) is 7.80. The quantitative estimate of drug-likeness (QED) is 0.664. The Morgan fingerprint density at radius 3 is 3.20 bits per heavy atom. The average Bonchev–Trinajstić information content (AvgIpc) is 2.24. The Bertz CT molecular complexity index is 387. The van der Waals surface area contributed by atoms with Crippen LogP contribution in [0.3, 0.4) is 0 Å². The van der Waals surface area contributed by atoms with Gasteiger partial charge in [0, 0.05) is 6.20 Å². The number of rotatable bonds is 4. The van der Waals surface area contributed by atoms with Crippen molar-refractivity contribution < 1.29 is 9.53 Å². The van der Waals surface area contributed by atoms with Crippen molar-refractivity contribution in [1.29, 1.82) is 5.26 Å². The number of primary amides is 1. The molecule has 0 unspecified atom stereocenters. The molecule has 0 radical (unpaired) electrons. The van der Waals surface area contributed by atoms with Gasteiger partial charge in [0.1, 0.15) is 18.4 Å². The van der Waals surface area contributed by atoms with Crippen molar-refractivity contribution in [2.75, 3.05) is 18.5 Å². The smallest absolute Gasteiger partial charge is 0.404 e. The van der Waals surface area contributed by atoms with Crippen molar-refractivity contribution in [2.45, 2.75) is 0 Å². The van der Waals surface area contributed by atoms with Crippen LogP contribution in [0.4, 0.5) is 10.7 Å². The zero-order valence-corrected chi connectivity index (χ0v) is 7.80. The molecule has 3 N–H and O–H groups in total. The van der Waals surface area contributed by atoms with Gasteiger partial charge in [-0.25, -0.2) is 14.8 Å². The molecule has 0 aromatic carbocycles. The molecule has 0 bridgehead atoms. The van der Waals surface area contributed by atoms with Crippen LogP contribution in [0.15, 0.2) is 12.3 Å². The molecule has 0 fully saturated rings. The molecule has 1 heterocycles. The number of hydrogen-bond donors (Lipinski definition) is 2. The van der Waals surface area contributed by atoms with Crippen LogP contribution < -0.4 is 11.1 Å². The van der Waals surface area contributed by atoms with Crippen molar-refractivity contribution in [1.82, 2.24) is 9.97 Å². The summed E-state index contributed by atoms with van der Waals surface area (Å²) in [5.41, 5.74) is 5.02. The molecule has 1 aromatic rings. The summed E-state index contributed by atoms with van der Waals surface area (Å²) in [4.78, 5) is 17.9. The van der Waals surface area contributed by atoms with Crippen LogP contribution in [0.1, 0.15) is 5.69 Å². The van der Waals surface area contributed by atoms with Crippen LogP contribution >= 0.6 is 0 Å². The van der Waals surface area contributed by atoms with Gasteiger partial charge in [0.25, 0.3) is 0 Å². The van der Waals surface area contributed by atoms with Crippen LogP contribution in [0, 0.1) is 11.3 Å². The Morgan fingerprint density at radius 2 is 2.53 bits per heavy atom. The third-order valence-electron chi connectivity index (χ3n) is 1.40. The van der Waals surface area contributed by atoms with E-state index in [1.807, 2.05) is 6.07 Å². The highest BCUT2D eigenvalue weighted by atomic mass is 16.5. The number of ether oxygens (including phenoxy) is 1. The molecule has 0 aliphatic rings. The van der Waals surface area contributed by atoms with Crippen molar-refractivity contribution >= 4 is 12.0 Å². The van der Waals surface area contributed by atoms with Crippen molar-refractivity contribution in [3.8, 4) is 6.07 Å². The fourth-order valence-electron chi connectivity index (χ4n) is 0.821. The van der Waals surface area contributed by atoms with Gasteiger partial charge in [-0.3, -0.25) is 0 Å². The minimum absolute atomic E-state index is 0.121. The predicted octanol–water partition coefficient (Wildman–Crippen LogP) is -0.145. The van der Waals surface area contributed by atoms with Gasteiger partial charge in [-0.15, -0.1) is 0 Å². The molecule has 1 rings (SSSR count). The number of hydrogen-bond acceptors (Lipinski definition) is 6. The second-order valence-corrected chi connectivity index (χ2v) is 2.47. The van der Waals surface area contributed by atoms with Gasteiger partial charge in [0.2, 0.25) is 5.95 Å². The molecule has 78 valence electrons. The number of carbonyl (C=O) groups is 1. The Labute approximate surface area is 85.9 Å². The second kappa shape index (κ2) is 5.39. The van der Waals surface area contributed by atoms with Crippen LogP contribution in [-0.2, 0) is 4.74 Å². The van der Waals surface area contributed by atoms with Crippen molar-refractivity contribution in [2.24, 2.45) is 5.73 Å². The van der Waals surface area contributed by atoms with E-state index in [1.54, 1.807) is 0 Å². The molecule has 0 atom stereocenters. The lowest BCUT2D eigenvalue weighted by atomic mass is 10.4. The third-order valence-corrected chi connectivity index (χ3v) is 1.40. The normalized spacial score (nSPS) is 9.00. The van der Waals surface area contributed by atoms with E-state index in [1.165, 1.54) is 12.3 Å². The molecule has 0 saturated carbocycles. The van der Waals surface area contributed by atoms with Crippen molar-refractivity contribution in [3.63, 3.8) is 0 Å². The van der Waals surface area contributed by atoms with E-state index in [0.29, 0.717) is 12.5 Å². The maximum absolute atomic E-state index is 10.2. The first kappa shape index (κ1) is 10.7. The van der Waals surface area contributed by atoms with E-state index >= 15 is 0 Å². The predicted molar refractivity (Wildman–Crippen MR) is 50.8 cm³/mol. The standard InChI is InChI=1S/C8H9N5O2/c9-5-6-1-2-11-8(13-6)12-3-4-15-7(10)14/h1-2H,3-4H2,(H2,10,14)(H,11,12,13). The molecular weight excluding hydrogens is 198 g/mol. The van der Waals surface area contributed by atoms with Gasteiger partial charge in [0.15, 0.2) is 0 Å². The molecule has 0 saturated heterocycles. The summed E-state index contributed by atoms with van der Waals surface area (Å²) < 4.78 is 4.48. The Morgan fingerprint density at radius 1 is 1.73 bits per heavy atom. The number of nitrogens with zero attached hydrogens (tertiary/aromatic N) is 3. The first-order valence-electron chi connectivity index (χ1n) is 4.11. The Hall–Kier alpha value is -2.36. The van der Waals surface area contributed by atoms with Crippen LogP contribution in [0.5, 0.6) is 0 Å². The maximum Gasteiger partial charge on any atom is 0.404 e. The number of nitrogens with two attached hydrogens (primary N) is 1. The van der Waals surface area contributed by atoms with E-state index in [-0.39, 0.29) is 12.3 Å². The minimum Gasteiger partial charge on any atom is -0.448 e. The summed E-state index contributed by atoms with van der Waals surface area (Å²) >= 11 is 0. The summed E-state index contributed by atoms with van der Waals surface area (Å²) in [5.74, 6) is 0.308. The third kappa shape index (κ3) is 3.91. The van der Waals surface area contributed by atoms with Gasteiger partial charge in [-0.1, -0.05) is 0 Å². The van der Waals surface area contributed by atoms with Gasteiger partial charge in [0.05, 0.1) is 6.54 Å². The lowest BCUT2D eigenvalue weighted by molar-refractivity contribution is 0.161. The summed E-state index contributed by atoms with van der Waals surface area (Å²) in [7, 11) is 0. The number of nitrogens with one attached hydrogen (secondary N) is 1. The molecule has 0 spiro atoms. The summed E-state index contributed by atoms with van der Waals surface area (Å²) in [5, 5.41) is 11.3. The zero-order chi connectivity index (χ0) is 11.1. The van der Waals surface area contributed by atoms with E-state index in [9.17, 15) is 4.79 Å². The number of aromatic nitrogens is 2. The molecule has 15 heavy (non-hydrogen) atoms. The molecule has 1 amide bonds. The maximum atomic E-state index is 10.2. The minimum atomic E-state index is -0.830. The van der Waals surface area contributed by atoms with Crippen LogP contribution in [0.25, 0.3) is 0 Å². The summed E-state index contributed by atoms with van der Waals surface area (Å²) in [6.45, 7) is 0.452. The molecular formula is C8H9N5O2. The van der Waals surface area contributed by atoms with E-state index in [0.717, 1.165) is 0 Å². The van der Waals surface area contributed by atoms with E-state index in [2.05, 4.69) is 20.0 Å². The molecule has 7 nitrogen and oxygen atoms in total. The SMILES string of the molecule is N#Cc1ccnc(NCCOC(N)=O)n1. The van der Waals surface area contributed by atoms with Crippen LogP contribution in [-0.4, -0.2) is 29.2 Å². The lowest BCUT2D eigenvalue weighted by Crippen LogP contribution is -2.19.